The molecule has 0 aliphatic heterocycles. The van der Waals surface area contributed by atoms with E-state index in [0.29, 0.717) is 10.8 Å². The normalized spacial score (nSPS) is 12.1. The zero-order chi connectivity index (χ0) is 17.3. The molecule has 4 nitrogen and oxygen atoms in total. The first kappa shape index (κ1) is 18.0. The molecule has 0 unspecified atom stereocenters. The molecular formula is C16H21Cl2N3OSi. The smallest absolute Gasteiger partial charge is 0.250 e. The van der Waals surface area contributed by atoms with Crippen molar-refractivity contribution < 1.29 is 4.43 Å². The van der Waals surface area contributed by atoms with Crippen LogP contribution in [0.2, 0.25) is 28.4 Å². The molecule has 1 heterocycles. The topological polar surface area (TPSA) is 47.0 Å². The number of rotatable bonds is 4. The van der Waals surface area contributed by atoms with Gasteiger partial charge in [-0.15, -0.1) is 0 Å². The summed E-state index contributed by atoms with van der Waals surface area (Å²) in [6.07, 6.45) is 1.47. The van der Waals surface area contributed by atoms with E-state index in [-0.39, 0.29) is 10.3 Å². The molecule has 23 heavy (non-hydrogen) atoms. The van der Waals surface area contributed by atoms with Gasteiger partial charge in [0, 0.05) is 11.8 Å². The van der Waals surface area contributed by atoms with Crippen LogP contribution in [0, 0.1) is 0 Å². The van der Waals surface area contributed by atoms with E-state index in [1.165, 1.54) is 6.20 Å². The first-order valence-corrected chi connectivity index (χ1v) is 11.0. The maximum atomic E-state index is 6.31. The summed E-state index contributed by atoms with van der Waals surface area (Å²) in [7, 11) is -1.88. The lowest BCUT2D eigenvalue weighted by atomic mass is 10.2. The Morgan fingerprint density at radius 3 is 2.52 bits per heavy atom. The molecule has 0 aliphatic carbocycles. The third-order valence-electron chi connectivity index (χ3n) is 3.99. The molecule has 0 saturated heterocycles. The van der Waals surface area contributed by atoms with Crippen LogP contribution in [-0.2, 0) is 0 Å². The summed E-state index contributed by atoms with van der Waals surface area (Å²) in [5, 5.41) is 3.84. The first-order valence-electron chi connectivity index (χ1n) is 7.33. The molecule has 0 saturated carbocycles. The number of benzene rings is 1. The number of nitrogens with zero attached hydrogens (tertiary/aromatic N) is 2. The minimum atomic E-state index is -1.88. The molecule has 0 fully saturated rings. The molecule has 0 spiro atoms. The molecule has 0 amide bonds. The molecule has 0 atom stereocenters. The van der Waals surface area contributed by atoms with Gasteiger partial charge < -0.3 is 9.74 Å². The van der Waals surface area contributed by atoms with Gasteiger partial charge >= 0.3 is 0 Å². The molecule has 7 heteroatoms. The minimum Gasteiger partial charge on any atom is -0.543 e. The van der Waals surface area contributed by atoms with Crippen LogP contribution < -0.4 is 9.74 Å². The highest BCUT2D eigenvalue weighted by Gasteiger charge is 2.38. The van der Waals surface area contributed by atoms with E-state index < -0.39 is 8.32 Å². The zero-order valence-corrected chi connectivity index (χ0v) is 16.5. The van der Waals surface area contributed by atoms with E-state index >= 15 is 0 Å². The molecule has 124 valence electrons. The van der Waals surface area contributed by atoms with E-state index in [4.69, 9.17) is 27.6 Å². The van der Waals surface area contributed by atoms with Gasteiger partial charge in [0.15, 0.2) is 5.82 Å². The number of aromatic nitrogens is 2. The van der Waals surface area contributed by atoms with E-state index in [2.05, 4.69) is 49.1 Å². The minimum absolute atomic E-state index is 0.139. The summed E-state index contributed by atoms with van der Waals surface area (Å²) < 4.78 is 6.31. The van der Waals surface area contributed by atoms with Gasteiger partial charge in [-0.3, -0.25) is 0 Å². The standard InChI is InChI=1S/C16H21Cl2N3OSi/c1-16(2,3)23(4,5)22-12-8-6-7-11(9-12)20-14-13(17)10-19-15(18)21-14/h6-10H,1-5H3,(H,19,20,21). The Labute approximate surface area is 148 Å². The van der Waals surface area contributed by atoms with Gasteiger partial charge in [0.05, 0.1) is 6.20 Å². The van der Waals surface area contributed by atoms with E-state index in [1.54, 1.807) is 0 Å². The van der Waals surface area contributed by atoms with Crippen molar-refractivity contribution in [2.24, 2.45) is 0 Å². The molecule has 1 aromatic heterocycles. The summed E-state index contributed by atoms with van der Waals surface area (Å²) in [5.41, 5.74) is 0.831. The average Bonchev–Trinajstić information content (AvgIpc) is 2.41. The lowest BCUT2D eigenvalue weighted by Crippen LogP contribution is -2.43. The average molecular weight is 370 g/mol. The van der Waals surface area contributed by atoms with Crippen LogP contribution >= 0.6 is 23.2 Å². The van der Waals surface area contributed by atoms with Crippen LogP contribution in [0.25, 0.3) is 0 Å². The highest BCUT2D eigenvalue weighted by Crippen LogP contribution is 2.38. The molecule has 1 N–H and O–H groups in total. The fourth-order valence-electron chi connectivity index (χ4n) is 1.66. The number of hydrogen-bond donors (Lipinski definition) is 1. The van der Waals surface area contributed by atoms with Crippen molar-refractivity contribution in [3.63, 3.8) is 0 Å². The number of anilines is 2. The maximum absolute atomic E-state index is 6.31. The van der Waals surface area contributed by atoms with Crippen LogP contribution in [0.1, 0.15) is 20.8 Å². The Kier molecular flexibility index (Phi) is 5.23. The SMILES string of the molecule is CC(C)(C)[Si](C)(C)Oc1cccc(Nc2nc(Cl)ncc2Cl)c1. The fourth-order valence-corrected chi connectivity index (χ4v) is 2.95. The van der Waals surface area contributed by atoms with Crippen molar-refractivity contribution in [1.29, 1.82) is 0 Å². The lowest BCUT2D eigenvalue weighted by molar-refractivity contribution is 0.492. The van der Waals surface area contributed by atoms with E-state index in [0.717, 1.165) is 11.4 Å². The van der Waals surface area contributed by atoms with Gasteiger partial charge in [-0.05, 0) is 41.9 Å². The monoisotopic (exact) mass is 369 g/mol. The van der Waals surface area contributed by atoms with Crippen molar-refractivity contribution in [3.05, 3.63) is 40.8 Å². The summed E-state index contributed by atoms with van der Waals surface area (Å²) in [4.78, 5) is 7.93. The highest BCUT2D eigenvalue weighted by atomic mass is 35.5. The second-order valence-electron chi connectivity index (χ2n) is 6.85. The molecular weight excluding hydrogens is 349 g/mol. The third-order valence-corrected chi connectivity index (χ3v) is 8.81. The summed E-state index contributed by atoms with van der Waals surface area (Å²) in [6, 6.07) is 7.75. The van der Waals surface area contributed by atoms with Gasteiger partial charge in [0.25, 0.3) is 0 Å². The first-order chi connectivity index (χ1) is 10.6. The van der Waals surface area contributed by atoms with Crippen molar-refractivity contribution in [3.8, 4) is 5.75 Å². The maximum Gasteiger partial charge on any atom is 0.250 e. The van der Waals surface area contributed by atoms with Gasteiger partial charge in [-0.1, -0.05) is 38.4 Å². The van der Waals surface area contributed by atoms with Crippen molar-refractivity contribution in [1.82, 2.24) is 9.97 Å². The fraction of sp³-hybridized carbons (Fsp3) is 0.375. The van der Waals surface area contributed by atoms with E-state index in [1.807, 2.05) is 24.3 Å². The third kappa shape index (κ3) is 4.59. The van der Waals surface area contributed by atoms with Gasteiger partial charge in [0.2, 0.25) is 13.6 Å². The van der Waals surface area contributed by atoms with Crippen LogP contribution in [0.5, 0.6) is 5.75 Å². The predicted molar refractivity (Wildman–Crippen MR) is 99.6 cm³/mol. The van der Waals surface area contributed by atoms with Crippen molar-refractivity contribution in [2.45, 2.75) is 38.9 Å². The number of nitrogens with one attached hydrogen (secondary N) is 1. The van der Waals surface area contributed by atoms with Crippen molar-refractivity contribution >= 4 is 43.0 Å². The summed E-state index contributed by atoms with van der Waals surface area (Å²) >= 11 is 11.9. The van der Waals surface area contributed by atoms with Gasteiger partial charge in [0.1, 0.15) is 10.8 Å². The van der Waals surface area contributed by atoms with Gasteiger partial charge in [-0.2, -0.15) is 4.98 Å². The summed E-state index contributed by atoms with van der Waals surface area (Å²) in [6.45, 7) is 11.1. The number of halogens is 2. The molecule has 0 aliphatic rings. The molecule has 0 radical (unpaired) electrons. The Bertz CT molecular complexity index is 702. The quantitative estimate of drug-likeness (QED) is 0.537. The van der Waals surface area contributed by atoms with Crippen LogP contribution in [0.3, 0.4) is 0 Å². The zero-order valence-electron chi connectivity index (χ0n) is 13.9. The molecule has 0 bridgehead atoms. The predicted octanol–water partition coefficient (Wildman–Crippen LogP) is 5.91. The largest absolute Gasteiger partial charge is 0.543 e. The molecule has 2 rings (SSSR count). The Morgan fingerprint density at radius 1 is 1.17 bits per heavy atom. The van der Waals surface area contributed by atoms with Gasteiger partial charge in [-0.25, -0.2) is 4.98 Å². The molecule has 1 aromatic carbocycles. The highest BCUT2D eigenvalue weighted by molar-refractivity contribution is 6.74. The second-order valence-corrected chi connectivity index (χ2v) is 12.3. The second kappa shape index (κ2) is 6.67. The van der Waals surface area contributed by atoms with Crippen LogP contribution in [0.4, 0.5) is 11.5 Å². The molecule has 2 aromatic rings. The number of hydrogen-bond acceptors (Lipinski definition) is 4. The Hall–Kier alpha value is -1.30. The lowest BCUT2D eigenvalue weighted by Gasteiger charge is -2.36. The Balaban J connectivity index is 2.22. The van der Waals surface area contributed by atoms with E-state index in [9.17, 15) is 0 Å². The van der Waals surface area contributed by atoms with Crippen LogP contribution in [0.15, 0.2) is 30.5 Å². The van der Waals surface area contributed by atoms with Crippen molar-refractivity contribution in [2.75, 3.05) is 5.32 Å². The summed E-state index contributed by atoms with van der Waals surface area (Å²) in [5.74, 6) is 1.30. The van der Waals surface area contributed by atoms with Crippen LogP contribution in [-0.4, -0.2) is 18.3 Å². The Morgan fingerprint density at radius 2 is 1.87 bits per heavy atom.